The molecule has 1 aliphatic heterocycles. The number of amides is 4. The molecule has 236 valence electrons. The molecule has 0 radical (unpaired) electrons. The van der Waals surface area contributed by atoms with Crippen LogP contribution in [0.1, 0.15) is 18.4 Å². The van der Waals surface area contributed by atoms with Crippen molar-refractivity contribution < 1.29 is 63.4 Å². The Morgan fingerprint density at radius 2 is 0.881 bits per heavy atom. The summed E-state index contributed by atoms with van der Waals surface area (Å²) in [5.41, 5.74) is 0.543. The first-order valence-corrected chi connectivity index (χ1v) is 12.4. The van der Waals surface area contributed by atoms with E-state index in [-0.39, 0.29) is 21.3 Å². The number of ether oxygens (including phenoxy) is 1. The fourth-order valence-corrected chi connectivity index (χ4v) is 3.98. The van der Waals surface area contributed by atoms with Gasteiger partial charge in [-0.1, -0.05) is 30.3 Å². The molecule has 1 saturated heterocycles. The maximum Gasteiger partial charge on any atom is 0.471 e. The van der Waals surface area contributed by atoms with Crippen molar-refractivity contribution in [2.75, 3.05) is 52.4 Å². The number of hydrogen-bond acceptors (Lipinski definition) is 5. The summed E-state index contributed by atoms with van der Waals surface area (Å²) < 4.78 is 124. The molecule has 18 heteroatoms. The van der Waals surface area contributed by atoms with Gasteiger partial charge in [0.05, 0.1) is 0 Å². The Morgan fingerprint density at radius 3 is 1.24 bits per heavy atom. The van der Waals surface area contributed by atoms with E-state index in [0.29, 0.717) is 5.56 Å². The van der Waals surface area contributed by atoms with Crippen molar-refractivity contribution in [2.45, 2.75) is 38.0 Å². The van der Waals surface area contributed by atoms with E-state index in [2.05, 4.69) is 0 Å². The summed E-state index contributed by atoms with van der Waals surface area (Å²) in [6, 6.07) is 8.17. The van der Waals surface area contributed by atoms with Gasteiger partial charge in [-0.2, -0.15) is 39.5 Å². The fourth-order valence-electron chi connectivity index (χ4n) is 3.98. The van der Waals surface area contributed by atoms with Crippen LogP contribution in [0, 0.1) is 0 Å². The summed E-state index contributed by atoms with van der Waals surface area (Å²) in [5, 5.41) is 0. The molecule has 0 atom stereocenters. The van der Waals surface area contributed by atoms with Gasteiger partial charge >= 0.3 is 42.3 Å². The lowest BCUT2D eigenvalue weighted by molar-refractivity contribution is -0.189. The quantitative estimate of drug-likeness (QED) is 0.471. The Bertz CT molecular complexity index is 1080. The monoisotopic (exact) mass is 622 g/mol. The van der Waals surface area contributed by atoms with Gasteiger partial charge < -0.3 is 24.3 Å². The standard InChI is InChI=1S/C24H27F9N4O5/c25-22(26,27)18(38)34-8-4-9-36(20(40)24(31,32)33)14-15-37(21(41)42-16-17-6-2-1-3-7-17)11-5-10-35(13-12-34)19(39)23(28,29)30/h1-3,6-7H,4-5,8-16H2. The molecule has 0 bridgehead atoms. The second-order valence-corrected chi connectivity index (χ2v) is 9.10. The zero-order valence-electron chi connectivity index (χ0n) is 21.9. The van der Waals surface area contributed by atoms with E-state index in [1.165, 1.54) is 0 Å². The lowest BCUT2D eigenvalue weighted by atomic mass is 10.2. The van der Waals surface area contributed by atoms with E-state index >= 15 is 0 Å². The molecule has 42 heavy (non-hydrogen) atoms. The van der Waals surface area contributed by atoms with Crippen molar-refractivity contribution >= 4 is 23.8 Å². The molecule has 1 fully saturated rings. The summed E-state index contributed by atoms with van der Waals surface area (Å²) in [4.78, 5) is 49.8. The Morgan fingerprint density at radius 1 is 0.548 bits per heavy atom. The smallest absolute Gasteiger partial charge is 0.445 e. The SMILES string of the molecule is O=C(OCc1ccccc1)N1CCCN(C(=O)C(F)(F)F)CCN(C(=O)C(F)(F)F)CCCN(C(=O)C(F)(F)F)CC1. The molecule has 0 spiro atoms. The minimum atomic E-state index is -5.47. The third kappa shape index (κ3) is 10.6. The summed E-state index contributed by atoms with van der Waals surface area (Å²) in [5.74, 6) is -7.22. The average Bonchev–Trinajstić information content (AvgIpc) is 2.90. The first kappa shape index (κ1) is 34.5. The molecule has 1 aliphatic rings. The molecule has 2 rings (SSSR count). The number of benzene rings is 1. The Balaban J connectivity index is 2.32. The number of hydrogen-bond donors (Lipinski definition) is 0. The summed E-state index contributed by atoms with van der Waals surface area (Å²) in [7, 11) is 0. The zero-order valence-corrected chi connectivity index (χ0v) is 21.9. The predicted molar refractivity (Wildman–Crippen MR) is 125 cm³/mol. The lowest BCUT2D eigenvalue weighted by Crippen LogP contribution is -2.51. The van der Waals surface area contributed by atoms with Crippen molar-refractivity contribution in [1.29, 1.82) is 0 Å². The van der Waals surface area contributed by atoms with Crippen LogP contribution in [-0.4, -0.2) is 114 Å². The van der Waals surface area contributed by atoms with E-state index in [0.717, 1.165) is 4.90 Å². The van der Waals surface area contributed by atoms with Gasteiger partial charge in [-0.3, -0.25) is 14.4 Å². The van der Waals surface area contributed by atoms with Gasteiger partial charge in [0.25, 0.3) is 0 Å². The van der Waals surface area contributed by atoms with Crippen LogP contribution < -0.4 is 0 Å². The number of alkyl halides is 9. The Kier molecular flexibility index (Phi) is 11.9. The van der Waals surface area contributed by atoms with Gasteiger partial charge in [-0.05, 0) is 18.4 Å². The highest BCUT2D eigenvalue weighted by atomic mass is 19.4. The van der Waals surface area contributed by atoms with Crippen molar-refractivity contribution in [1.82, 2.24) is 19.6 Å². The maximum absolute atomic E-state index is 13.2. The van der Waals surface area contributed by atoms with Crippen molar-refractivity contribution in [2.24, 2.45) is 0 Å². The van der Waals surface area contributed by atoms with Crippen molar-refractivity contribution in [3.63, 3.8) is 0 Å². The van der Waals surface area contributed by atoms with E-state index in [1.807, 2.05) is 0 Å². The van der Waals surface area contributed by atoms with Crippen LogP contribution in [0.3, 0.4) is 0 Å². The van der Waals surface area contributed by atoms with Crippen LogP contribution in [0.2, 0.25) is 0 Å². The number of halogens is 9. The minimum absolute atomic E-state index is 0.0614. The van der Waals surface area contributed by atoms with Gasteiger partial charge in [-0.15, -0.1) is 0 Å². The van der Waals surface area contributed by atoms with Crippen molar-refractivity contribution in [3.05, 3.63) is 35.9 Å². The molecule has 4 amide bonds. The Hall–Kier alpha value is -3.73. The minimum Gasteiger partial charge on any atom is -0.445 e. The van der Waals surface area contributed by atoms with Crippen LogP contribution >= 0.6 is 0 Å². The molecular weight excluding hydrogens is 595 g/mol. The zero-order chi connectivity index (χ0) is 31.7. The predicted octanol–water partition coefficient (Wildman–Crippen LogP) is 3.59. The second-order valence-electron chi connectivity index (χ2n) is 9.10. The average molecular weight is 622 g/mol. The first-order valence-electron chi connectivity index (χ1n) is 12.4. The third-order valence-electron chi connectivity index (χ3n) is 6.04. The highest BCUT2D eigenvalue weighted by Crippen LogP contribution is 2.22. The van der Waals surface area contributed by atoms with Crippen LogP contribution in [0.5, 0.6) is 0 Å². The van der Waals surface area contributed by atoms with Gasteiger partial charge in [-0.25, -0.2) is 4.79 Å². The third-order valence-corrected chi connectivity index (χ3v) is 6.04. The molecule has 0 N–H and O–H groups in total. The van der Waals surface area contributed by atoms with E-state index in [1.54, 1.807) is 30.3 Å². The molecular formula is C24H27F9N4O5. The topological polar surface area (TPSA) is 90.5 Å². The van der Waals surface area contributed by atoms with Crippen molar-refractivity contribution in [3.8, 4) is 0 Å². The highest BCUT2D eigenvalue weighted by molar-refractivity contribution is 5.83. The highest BCUT2D eigenvalue weighted by Gasteiger charge is 2.45. The number of carbonyl (C=O) groups is 4. The van der Waals surface area contributed by atoms with Gasteiger partial charge in [0, 0.05) is 52.4 Å². The molecule has 0 saturated carbocycles. The van der Waals surface area contributed by atoms with Crippen LogP contribution in [0.25, 0.3) is 0 Å². The van der Waals surface area contributed by atoms with Gasteiger partial charge in [0.1, 0.15) is 6.61 Å². The van der Waals surface area contributed by atoms with E-state index in [4.69, 9.17) is 4.74 Å². The maximum atomic E-state index is 13.2. The lowest BCUT2D eigenvalue weighted by Gasteiger charge is -2.32. The molecule has 1 aromatic carbocycles. The summed E-state index contributed by atoms with van der Waals surface area (Å²) >= 11 is 0. The molecule has 1 heterocycles. The number of carbonyl (C=O) groups excluding carboxylic acids is 4. The molecule has 0 aliphatic carbocycles. The van der Waals surface area contributed by atoms with Gasteiger partial charge in [0.15, 0.2) is 0 Å². The van der Waals surface area contributed by atoms with Crippen LogP contribution in [-0.2, 0) is 25.7 Å². The molecule has 0 aromatic heterocycles. The molecule has 1 aromatic rings. The first-order chi connectivity index (χ1) is 19.4. The van der Waals surface area contributed by atoms with E-state index < -0.39 is 108 Å². The Labute approximate surface area is 233 Å². The second kappa shape index (κ2) is 14.4. The van der Waals surface area contributed by atoms with Crippen LogP contribution in [0.4, 0.5) is 44.3 Å². The van der Waals surface area contributed by atoms with Gasteiger partial charge in [0.2, 0.25) is 0 Å². The summed E-state index contributed by atoms with van der Waals surface area (Å²) in [6.45, 7) is -6.53. The number of nitrogens with zero attached hydrogens (tertiary/aromatic N) is 4. The van der Waals surface area contributed by atoms with Crippen LogP contribution in [0.15, 0.2) is 30.3 Å². The number of rotatable bonds is 2. The largest absolute Gasteiger partial charge is 0.471 e. The fraction of sp³-hybridized carbons (Fsp3) is 0.583. The summed E-state index contributed by atoms with van der Waals surface area (Å²) in [6.07, 6.45) is -18.3. The van der Waals surface area contributed by atoms with E-state index in [9.17, 15) is 58.7 Å². The normalized spacial score (nSPS) is 17.0. The molecule has 9 nitrogen and oxygen atoms in total. The molecule has 0 unspecified atom stereocenters.